The van der Waals surface area contributed by atoms with Crippen molar-refractivity contribution >= 4 is 16.8 Å². The van der Waals surface area contributed by atoms with Crippen LogP contribution in [0.1, 0.15) is 25.2 Å². The van der Waals surface area contributed by atoms with Gasteiger partial charge in [0.1, 0.15) is 5.69 Å². The first-order valence-electron chi connectivity index (χ1n) is 8.13. The first-order valence-corrected chi connectivity index (χ1v) is 8.13. The molecular formula is C17H18N4O3. The summed E-state index contributed by atoms with van der Waals surface area (Å²) in [5.41, 5.74) is 1.80. The molecule has 1 saturated heterocycles. The summed E-state index contributed by atoms with van der Waals surface area (Å²) in [5, 5.41) is 10.6. The average molecular weight is 326 g/mol. The van der Waals surface area contributed by atoms with Gasteiger partial charge in [-0.2, -0.15) is 0 Å². The van der Waals surface area contributed by atoms with E-state index in [4.69, 9.17) is 9.25 Å². The summed E-state index contributed by atoms with van der Waals surface area (Å²) in [7, 11) is 0. The van der Waals surface area contributed by atoms with Crippen molar-refractivity contribution in [3.63, 3.8) is 0 Å². The number of rotatable bonds is 4. The number of nitrogens with one attached hydrogen (secondary N) is 1. The molecule has 3 aromatic rings. The molecule has 1 amide bonds. The van der Waals surface area contributed by atoms with Crippen LogP contribution >= 0.6 is 0 Å². The lowest BCUT2D eigenvalue weighted by Crippen LogP contribution is -2.35. The third kappa shape index (κ3) is 3.03. The van der Waals surface area contributed by atoms with Gasteiger partial charge in [-0.25, -0.2) is 5.06 Å². The fourth-order valence-electron chi connectivity index (χ4n) is 2.78. The van der Waals surface area contributed by atoms with E-state index in [9.17, 15) is 4.79 Å². The van der Waals surface area contributed by atoms with Gasteiger partial charge in [-0.05, 0) is 25.0 Å². The maximum Gasteiger partial charge on any atom is 0.264 e. The predicted octanol–water partition coefficient (Wildman–Crippen LogP) is 2.70. The van der Waals surface area contributed by atoms with Crippen LogP contribution in [0, 0.1) is 0 Å². The summed E-state index contributed by atoms with van der Waals surface area (Å²) in [6, 6.07) is 9.93. The number of nitrogens with zero attached hydrogens (tertiary/aromatic N) is 3. The number of para-hydroxylation sites is 1. The van der Waals surface area contributed by atoms with Gasteiger partial charge >= 0.3 is 0 Å². The number of benzene rings is 1. The van der Waals surface area contributed by atoms with Gasteiger partial charge in [0.05, 0.1) is 6.61 Å². The van der Waals surface area contributed by atoms with E-state index in [2.05, 4.69) is 15.2 Å². The molecule has 124 valence electrons. The molecular weight excluding hydrogens is 308 g/mol. The van der Waals surface area contributed by atoms with Gasteiger partial charge in [0, 0.05) is 30.3 Å². The second-order valence-electron chi connectivity index (χ2n) is 5.81. The first kappa shape index (κ1) is 14.9. The monoisotopic (exact) mass is 326 g/mol. The highest BCUT2D eigenvalue weighted by Gasteiger charge is 2.19. The van der Waals surface area contributed by atoms with Crippen molar-refractivity contribution in [3.8, 4) is 11.6 Å². The standard InChI is InChI=1S/C17H18N4O3/c22-16(21-9-3-4-10-23-21)8-7-15-19-20-17(24-15)14-11-12-5-1-2-6-13(12)18-14/h1-2,5-6,11,18H,3-4,7-10H2. The molecule has 1 aliphatic heterocycles. The van der Waals surface area contributed by atoms with Crippen molar-refractivity contribution in [3.05, 3.63) is 36.2 Å². The SMILES string of the molecule is O=C(CCc1nnc(-c2cc3ccccc3[nH]2)o1)N1CCCCO1. The zero-order valence-corrected chi connectivity index (χ0v) is 13.2. The van der Waals surface area contributed by atoms with E-state index < -0.39 is 0 Å². The fraction of sp³-hybridized carbons (Fsp3) is 0.353. The predicted molar refractivity (Wildman–Crippen MR) is 86.8 cm³/mol. The van der Waals surface area contributed by atoms with Gasteiger partial charge in [0.15, 0.2) is 0 Å². The summed E-state index contributed by atoms with van der Waals surface area (Å²) in [4.78, 5) is 20.7. The molecule has 1 N–H and O–H groups in total. The Morgan fingerprint density at radius 3 is 3.00 bits per heavy atom. The molecule has 0 spiro atoms. The second kappa shape index (κ2) is 6.45. The number of H-pyrrole nitrogens is 1. The van der Waals surface area contributed by atoms with Gasteiger partial charge in [0.25, 0.3) is 5.89 Å². The number of aromatic nitrogens is 3. The van der Waals surface area contributed by atoms with Crippen LogP contribution in [0.25, 0.3) is 22.5 Å². The minimum absolute atomic E-state index is 0.0416. The molecule has 1 aliphatic rings. The van der Waals surface area contributed by atoms with Gasteiger partial charge in [-0.3, -0.25) is 9.63 Å². The lowest BCUT2D eigenvalue weighted by molar-refractivity contribution is -0.197. The zero-order chi connectivity index (χ0) is 16.4. The Kier molecular flexibility index (Phi) is 4.00. The van der Waals surface area contributed by atoms with Crippen LogP contribution in [0.15, 0.2) is 34.7 Å². The molecule has 0 unspecified atom stereocenters. The van der Waals surface area contributed by atoms with Crippen LogP contribution in [0.3, 0.4) is 0 Å². The second-order valence-corrected chi connectivity index (χ2v) is 5.81. The number of carbonyl (C=O) groups is 1. The number of carbonyl (C=O) groups excluding carboxylic acids is 1. The highest BCUT2D eigenvalue weighted by Crippen LogP contribution is 2.23. The van der Waals surface area contributed by atoms with Gasteiger partial charge in [-0.1, -0.05) is 18.2 Å². The average Bonchev–Trinajstić information content (AvgIpc) is 3.27. The van der Waals surface area contributed by atoms with Gasteiger partial charge in [0.2, 0.25) is 11.8 Å². The summed E-state index contributed by atoms with van der Waals surface area (Å²) in [5.74, 6) is 0.844. The quantitative estimate of drug-likeness (QED) is 0.797. The van der Waals surface area contributed by atoms with E-state index in [0.717, 1.165) is 29.4 Å². The highest BCUT2D eigenvalue weighted by molar-refractivity contribution is 5.84. The van der Waals surface area contributed by atoms with E-state index >= 15 is 0 Å². The minimum Gasteiger partial charge on any atom is -0.419 e. The van der Waals surface area contributed by atoms with Crippen molar-refractivity contribution in [2.24, 2.45) is 0 Å². The third-order valence-electron chi connectivity index (χ3n) is 4.06. The van der Waals surface area contributed by atoms with Crippen LogP contribution in [-0.2, 0) is 16.1 Å². The van der Waals surface area contributed by atoms with Crippen LogP contribution in [0.5, 0.6) is 0 Å². The van der Waals surface area contributed by atoms with E-state index in [-0.39, 0.29) is 5.91 Å². The largest absolute Gasteiger partial charge is 0.419 e. The molecule has 0 radical (unpaired) electrons. The van der Waals surface area contributed by atoms with Crippen molar-refractivity contribution in [2.45, 2.75) is 25.7 Å². The number of amides is 1. The van der Waals surface area contributed by atoms with Crippen molar-refractivity contribution < 1.29 is 14.0 Å². The smallest absolute Gasteiger partial charge is 0.264 e. The van der Waals surface area contributed by atoms with E-state index in [1.54, 1.807) is 0 Å². The summed E-state index contributed by atoms with van der Waals surface area (Å²) in [6.45, 7) is 1.26. The zero-order valence-electron chi connectivity index (χ0n) is 13.2. The Bertz CT molecular complexity index is 815. The van der Waals surface area contributed by atoms with E-state index in [1.165, 1.54) is 5.06 Å². The Balaban J connectivity index is 1.42. The molecule has 7 nitrogen and oxygen atoms in total. The first-order chi connectivity index (χ1) is 11.8. The lowest BCUT2D eigenvalue weighted by atomic mass is 10.2. The summed E-state index contributed by atoms with van der Waals surface area (Å²) in [6.07, 6.45) is 2.69. The summed E-state index contributed by atoms with van der Waals surface area (Å²) >= 11 is 0. The van der Waals surface area contributed by atoms with E-state index in [1.807, 2.05) is 30.3 Å². The van der Waals surface area contributed by atoms with Crippen LogP contribution in [-0.4, -0.2) is 39.3 Å². The lowest BCUT2D eigenvalue weighted by Gasteiger charge is -2.25. The molecule has 0 bridgehead atoms. The van der Waals surface area contributed by atoms with Gasteiger partial charge < -0.3 is 9.40 Å². The number of aryl methyl sites for hydroxylation is 1. The molecule has 3 heterocycles. The number of fused-ring (bicyclic) bond motifs is 1. The molecule has 4 rings (SSSR count). The number of hydrogen-bond acceptors (Lipinski definition) is 5. The van der Waals surface area contributed by atoms with E-state index in [0.29, 0.717) is 37.8 Å². The number of hydrogen-bond donors (Lipinski definition) is 1. The maximum atomic E-state index is 12.1. The maximum absolute atomic E-state index is 12.1. The number of aromatic amines is 1. The highest BCUT2D eigenvalue weighted by atomic mass is 16.7. The Hall–Kier alpha value is -2.67. The third-order valence-corrected chi connectivity index (χ3v) is 4.06. The van der Waals surface area contributed by atoms with Crippen LogP contribution < -0.4 is 0 Å². The van der Waals surface area contributed by atoms with Crippen molar-refractivity contribution in [2.75, 3.05) is 13.2 Å². The molecule has 0 saturated carbocycles. The summed E-state index contributed by atoms with van der Waals surface area (Å²) < 4.78 is 5.67. The Labute approximate surface area is 138 Å². The fourth-order valence-corrected chi connectivity index (χ4v) is 2.78. The topological polar surface area (TPSA) is 84.2 Å². The molecule has 0 atom stereocenters. The van der Waals surface area contributed by atoms with Crippen molar-refractivity contribution in [1.29, 1.82) is 0 Å². The molecule has 24 heavy (non-hydrogen) atoms. The molecule has 0 aliphatic carbocycles. The molecule has 2 aromatic heterocycles. The molecule has 7 heteroatoms. The van der Waals surface area contributed by atoms with Crippen LogP contribution in [0.4, 0.5) is 0 Å². The van der Waals surface area contributed by atoms with Crippen molar-refractivity contribution in [1.82, 2.24) is 20.2 Å². The van der Waals surface area contributed by atoms with Crippen LogP contribution in [0.2, 0.25) is 0 Å². The minimum atomic E-state index is -0.0416. The normalized spacial score (nSPS) is 15.1. The van der Waals surface area contributed by atoms with Gasteiger partial charge in [-0.15, -0.1) is 10.2 Å². The molecule has 1 fully saturated rings. The Morgan fingerprint density at radius 1 is 1.25 bits per heavy atom. The molecule has 1 aromatic carbocycles. The number of hydroxylamine groups is 2. The Morgan fingerprint density at radius 2 is 2.17 bits per heavy atom.